The number of allylic oxidation sites excluding steroid dienone is 2. The lowest BCUT2D eigenvalue weighted by molar-refractivity contribution is 0.114. The number of rotatable bonds is 5. The van der Waals surface area contributed by atoms with E-state index in [4.69, 9.17) is 0 Å². The third-order valence-corrected chi connectivity index (χ3v) is 0.887. The molecule has 0 aromatic carbocycles. The van der Waals surface area contributed by atoms with E-state index in [-0.39, 0.29) is 0 Å². The fraction of sp³-hybridized carbons (Fsp3) is 0.429. The molecule has 4 heteroatoms. The van der Waals surface area contributed by atoms with Crippen molar-refractivity contribution in [1.82, 2.24) is 11.0 Å². The lowest BCUT2D eigenvalue weighted by atomic mass is 10.4. The molecule has 2 N–H and O–H groups in total. The summed E-state index contributed by atoms with van der Waals surface area (Å²) in [5.41, 5.74) is 6.72. The molecule has 0 aromatic heterocycles. The molecule has 0 amide bonds. The summed E-state index contributed by atoms with van der Waals surface area (Å²) in [6, 6.07) is 0. The molecule has 0 aliphatic heterocycles. The van der Waals surface area contributed by atoms with Gasteiger partial charge in [-0.3, -0.25) is 20.6 Å². The molecular weight excluding hydrogens is 144 g/mol. The Bertz CT molecular complexity index is 155. The first-order valence-electron chi connectivity index (χ1n) is 3.16. The van der Waals surface area contributed by atoms with Crippen LogP contribution in [0.5, 0.6) is 0 Å². The van der Waals surface area contributed by atoms with Crippen molar-refractivity contribution in [2.24, 2.45) is 0 Å². The molecule has 0 unspecified atom stereocenters. The van der Waals surface area contributed by atoms with E-state index < -0.39 is 0 Å². The van der Waals surface area contributed by atoms with Gasteiger partial charge in [0.05, 0.1) is 19.9 Å². The molecule has 0 saturated carbocycles. The molecule has 0 heterocycles. The normalized spacial score (nSPS) is 11.0. The summed E-state index contributed by atoms with van der Waals surface area (Å²) < 4.78 is 0. The summed E-state index contributed by atoms with van der Waals surface area (Å²) in [5.74, 6) is 0. The molecule has 0 fully saturated rings. The summed E-state index contributed by atoms with van der Waals surface area (Å²) in [6.45, 7) is 5.51. The van der Waals surface area contributed by atoms with Gasteiger partial charge >= 0.3 is 0 Å². The fourth-order valence-corrected chi connectivity index (χ4v) is 0.612. The van der Waals surface area contributed by atoms with Crippen LogP contribution in [0.2, 0.25) is 0 Å². The van der Waals surface area contributed by atoms with Crippen molar-refractivity contribution in [1.29, 1.82) is 0 Å². The Balaban J connectivity index is 3.76. The molecule has 0 atom stereocenters. The summed E-state index contributed by atoms with van der Waals surface area (Å²) in [6.07, 6.45) is 1.76. The standard InChI is InChI=1S/C7H14N2O2/c1-6(8-10-3)5-7(2)9-11-4/h5,8-9H,1H2,2-4H3. The summed E-state index contributed by atoms with van der Waals surface area (Å²) >= 11 is 0. The van der Waals surface area contributed by atoms with E-state index in [1.165, 1.54) is 7.11 Å². The van der Waals surface area contributed by atoms with E-state index in [1.807, 2.05) is 6.92 Å². The maximum absolute atomic E-state index is 4.65. The van der Waals surface area contributed by atoms with Crippen LogP contribution < -0.4 is 11.0 Å². The highest BCUT2D eigenvalue weighted by atomic mass is 16.6. The number of nitrogens with one attached hydrogen (secondary N) is 2. The fourth-order valence-electron chi connectivity index (χ4n) is 0.612. The Labute approximate surface area is 66.8 Å². The number of hydrogen-bond donors (Lipinski definition) is 2. The molecule has 0 bridgehead atoms. The van der Waals surface area contributed by atoms with Crippen molar-refractivity contribution >= 4 is 0 Å². The van der Waals surface area contributed by atoms with Gasteiger partial charge in [0.1, 0.15) is 0 Å². The molecule has 0 radical (unpaired) electrons. The van der Waals surface area contributed by atoms with Crippen LogP contribution in [0.15, 0.2) is 24.0 Å². The lowest BCUT2D eigenvalue weighted by Crippen LogP contribution is -2.12. The molecule has 4 nitrogen and oxygen atoms in total. The molecular formula is C7H14N2O2. The van der Waals surface area contributed by atoms with E-state index in [1.54, 1.807) is 13.2 Å². The predicted molar refractivity (Wildman–Crippen MR) is 43.2 cm³/mol. The van der Waals surface area contributed by atoms with Crippen molar-refractivity contribution in [3.8, 4) is 0 Å². The van der Waals surface area contributed by atoms with Gasteiger partial charge in [0.15, 0.2) is 0 Å². The number of hydroxylamine groups is 2. The van der Waals surface area contributed by atoms with E-state index >= 15 is 0 Å². The third-order valence-electron chi connectivity index (χ3n) is 0.887. The van der Waals surface area contributed by atoms with Gasteiger partial charge in [-0.15, -0.1) is 0 Å². The van der Waals surface area contributed by atoms with Crippen molar-refractivity contribution < 1.29 is 9.68 Å². The summed E-state index contributed by atoms with van der Waals surface area (Å²) in [7, 11) is 3.07. The van der Waals surface area contributed by atoms with Crippen LogP contribution in [-0.2, 0) is 9.68 Å². The summed E-state index contributed by atoms with van der Waals surface area (Å²) in [5, 5.41) is 0. The first-order valence-corrected chi connectivity index (χ1v) is 3.16. The topological polar surface area (TPSA) is 42.5 Å². The highest BCUT2D eigenvalue weighted by molar-refractivity contribution is 5.14. The Kier molecular flexibility index (Phi) is 5.24. The zero-order valence-corrected chi connectivity index (χ0v) is 7.10. The molecule has 11 heavy (non-hydrogen) atoms. The van der Waals surface area contributed by atoms with Crippen LogP contribution in [0.4, 0.5) is 0 Å². The van der Waals surface area contributed by atoms with Gasteiger partial charge in [-0.1, -0.05) is 6.58 Å². The zero-order chi connectivity index (χ0) is 8.69. The van der Waals surface area contributed by atoms with Gasteiger partial charge < -0.3 is 0 Å². The average molecular weight is 158 g/mol. The van der Waals surface area contributed by atoms with Crippen LogP contribution in [0.1, 0.15) is 6.92 Å². The third kappa shape index (κ3) is 5.44. The second-order valence-electron chi connectivity index (χ2n) is 1.96. The predicted octanol–water partition coefficient (Wildman–Crippen LogP) is 0.706. The maximum Gasteiger partial charge on any atom is 0.0636 e. The van der Waals surface area contributed by atoms with E-state index in [0.29, 0.717) is 5.70 Å². The minimum absolute atomic E-state index is 0.662. The number of hydrogen-bond acceptors (Lipinski definition) is 4. The van der Waals surface area contributed by atoms with Crippen LogP contribution in [-0.4, -0.2) is 14.2 Å². The van der Waals surface area contributed by atoms with Gasteiger partial charge in [0.2, 0.25) is 0 Å². The monoisotopic (exact) mass is 158 g/mol. The molecule has 0 saturated heterocycles. The second kappa shape index (κ2) is 5.76. The molecule has 0 aliphatic carbocycles. The Morgan fingerprint density at radius 2 is 1.82 bits per heavy atom. The van der Waals surface area contributed by atoms with Crippen LogP contribution >= 0.6 is 0 Å². The first-order chi connectivity index (χ1) is 5.20. The lowest BCUT2D eigenvalue weighted by Gasteiger charge is -2.04. The highest BCUT2D eigenvalue weighted by Crippen LogP contribution is 1.92. The molecule has 0 rings (SSSR count). The van der Waals surface area contributed by atoms with Gasteiger partial charge in [0, 0.05) is 5.70 Å². The van der Waals surface area contributed by atoms with Gasteiger partial charge in [-0.25, -0.2) is 0 Å². The van der Waals surface area contributed by atoms with Gasteiger partial charge in [0.25, 0.3) is 0 Å². The quantitative estimate of drug-likeness (QED) is 0.456. The minimum Gasteiger partial charge on any atom is -0.280 e. The molecule has 0 spiro atoms. The zero-order valence-electron chi connectivity index (χ0n) is 7.10. The van der Waals surface area contributed by atoms with E-state index in [0.717, 1.165) is 5.70 Å². The van der Waals surface area contributed by atoms with Crippen molar-refractivity contribution in [2.75, 3.05) is 14.2 Å². The minimum atomic E-state index is 0.662. The van der Waals surface area contributed by atoms with Crippen molar-refractivity contribution in [2.45, 2.75) is 6.92 Å². The van der Waals surface area contributed by atoms with Crippen LogP contribution in [0, 0.1) is 0 Å². The molecule has 64 valence electrons. The van der Waals surface area contributed by atoms with E-state index in [9.17, 15) is 0 Å². The first kappa shape index (κ1) is 10.0. The van der Waals surface area contributed by atoms with E-state index in [2.05, 4.69) is 27.2 Å². The maximum atomic E-state index is 4.65. The Morgan fingerprint density at radius 3 is 2.27 bits per heavy atom. The van der Waals surface area contributed by atoms with Gasteiger partial charge in [-0.2, -0.15) is 0 Å². The smallest absolute Gasteiger partial charge is 0.0636 e. The largest absolute Gasteiger partial charge is 0.280 e. The Hall–Kier alpha value is -1.00. The molecule has 0 aliphatic rings. The molecule has 0 aromatic rings. The average Bonchev–Trinajstić information content (AvgIpc) is 1.87. The SMILES string of the molecule is C=C(C=C(C)NOC)NOC. The second-order valence-corrected chi connectivity index (χ2v) is 1.96. The van der Waals surface area contributed by atoms with Crippen LogP contribution in [0.25, 0.3) is 0 Å². The Morgan fingerprint density at radius 1 is 1.27 bits per heavy atom. The van der Waals surface area contributed by atoms with Crippen LogP contribution in [0.3, 0.4) is 0 Å². The van der Waals surface area contributed by atoms with Crippen molar-refractivity contribution in [3.63, 3.8) is 0 Å². The van der Waals surface area contributed by atoms with Crippen molar-refractivity contribution in [3.05, 3.63) is 24.0 Å². The summed E-state index contributed by atoms with van der Waals surface area (Å²) in [4.78, 5) is 9.27. The van der Waals surface area contributed by atoms with Gasteiger partial charge in [-0.05, 0) is 13.0 Å². The highest BCUT2D eigenvalue weighted by Gasteiger charge is 1.88.